The van der Waals surface area contributed by atoms with Gasteiger partial charge in [-0.1, -0.05) is 0 Å². The van der Waals surface area contributed by atoms with Crippen molar-refractivity contribution in [2.75, 3.05) is 43.1 Å². The molecule has 3 amide bonds. The fourth-order valence-corrected chi connectivity index (χ4v) is 3.43. The first-order valence-corrected chi connectivity index (χ1v) is 9.58. The number of hydrogen-bond donors (Lipinski definition) is 2. The highest BCUT2D eigenvalue weighted by Gasteiger charge is 2.37. The van der Waals surface area contributed by atoms with Gasteiger partial charge in [-0.15, -0.1) is 0 Å². The molecule has 11 heteroatoms. The van der Waals surface area contributed by atoms with Gasteiger partial charge in [0.15, 0.2) is 6.23 Å². The van der Waals surface area contributed by atoms with E-state index in [0.717, 1.165) is 0 Å². The van der Waals surface area contributed by atoms with E-state index in [2.05, 4.69) is 5.32 Å². The van der Waals surface area contributed by atoms with Gasteiger partial charge in [0.1, 0.15) is 5.82 Å². The van der Waals surface area contributed by atoms with E-state index in [-0.39, 0.29) is 37.8 Å². The van der Waals surface area contributed by atoms with Crippen molar-refractivity contribution in [1.82, 2.24) is 10.2 Å². The molecule has 3 atom stereocenters. The Morgan fingerprint density at radius 2 is 2.10 bits per heavy atom. The molecule has 0 spiro atoms. The highest BCUT2D eigenvalue weighted by atomic mass is 19.1. The summed E-state index contributed by atoms with van der Waals surface area (Å²) in [5, 5.41) is 12.7. The first-order valence-electron chi connectivity index (χ1n) is 9.58. The summed E-state index contributed by atoms with van der Waals surface area (Å²) < 4.78 is 24.8. The quantitative estimate of drug-likeness (QED) is 0.722. The number of nitrogens with zero attached hydrogens (tertiary/aromatic N) is 3. The van der Waals surface area contributed by atoms with Crippen molar-refractivity contribution in [2.24, 2.45) is 0 Å². The van der Waals surface area contributed by atoms with E-state index in [0.29, 0.717) is 5.69 Å². The summed E-state index contributed by atoms with van der Waals surface area (Å²) in [6.45, 7) is 3.65. The molecule has 0 bridgehead atoms. The van der Waals surface area contributed by atoms with Crippen LogP contribution in [-0.4, -0.2) is 79.8 Å². The second-order valence-electron chi connectivity index (χ2n) is 7.16. The zero-order valence-corrected chi connectivity index (χ0v) is 17.0. The lowest BCUT2D eigenvalue weighted by Gasteiger charge is -2.22. The Labute approximate surface area is 173 Å². The molecule has 1 aromatic carbocycles. The van der Waals surface area contributed by atoms with Gasteiger partial charge in [-0.2, -0.15) is 0 Å². The number of aliphatic hydroxyl groups excluding tert-OH is 1. The summed E-state index contributed by atoms with van der Waals surface area (Å²) in [7, 11) is 1.52. The van der Waals surface area contributed by atoms with Crippen LogP contribution in [0.4, 0.5) is 25.4 Å². The minimum Gasteiger partial charge on any atom is -0.450 e. The van der Waals surface area contributed by atoms with E-state index < -0.39 is 36.4 Å². The summed E-state index contributed by atoms with van der Waals surface area (Å²) in [5.74, 6) is -0.845. The number of likely N-dealkylation sites (N-methyl/N-ethyl adjacent to an activating group) is 1. The van der Waals surface area contributed by atoms with Gasteiger partial charge in [0.2, 0.25) is 5.91 Å². The second-order valence-corrected chi connectivity index (χ2v) is 7.16. The number of ether oxygens (including phenoxy) is 2. The van der Waals surface area contributed by atoms with Crippen molar-refractivity contribution in [2.45, 2.75) is 32.2 Å². The molecule has 0 saturated carbocycles. The van der Waals surface area contributed by atoms with E-state index in [9.17, 15) is 23.9 Å². The minimum atomic E-state index is -0.884. The van der Waals surface area contributed by atoms with Crippen LogP contribution in [-0.2, 0) is 14.3 Å². The summed E-state index contributed by atoms with van der Waals surface area (Å²) in [5.41, 5.74) is 0.526. The van der Waals surface area contributed by atoms with Crippen molar-refractivity contribution in [1.29, 1.82) is 0 Å². The van der Waals surface area contributed by atoms with E-state index >= 15 is 0 Å². The van der Waals surface area contributed by atoms with Crippen molar-refractivity contribution in [3.63, 3.8) is 0 Å². The lowest BCUT2D eigenvalue weighted by molar-refractivity contribution is -0.134. The third-order valence-electron chi connectivity index (χ3n) is 5.18. The number of nitrogens with one attached hydrogen (secondary N) is 1. The molecule has 2 saturated heterocycles. The number of amides is 3. The van der Waals surface area contributed by atoms with Gasteiger partial charge in [-0.05, 0) is 25.1 Å². The molecule has 10 nitrogen and oxygen atoms in total. The number of halogens is 1. The molecule has 2 fully saturated rings. The van der Waals surface area contributed by atoms with Gasteiger partial charge in [-0.25, -0.2) is 14.0 Å². The number of rotatable bonds is 5. The number of β-amino-alcohol motifs (C(OH)–C–C–N with tert-alkyl or cyclic N) is 1. The molecular weight excluding hydrogens is 399 g/mol. The number of anilines is 2. The van der Waals surface area contributed by atoms with Gasteiger partial charge in [-0.3, -0.25) is 9.69 Å². The van der Waals surface area contributed by atoms with E-state index in [1.165, 1.54) is 35.9 Å². The summed E-state index contributed by atoms with van der Waals surface area (Å²) in [6.07, 6.45) is -2.95. The van der Waals surface area contributed by atoms with Gasteiger partial charge in [0.25, 0.3) is 0 Å². The van der Waals surface area contributed by atoms with Crippen LogP contribution < -0.4 is 15.1 Å². The molecule has 2 aliphatic rings. The monoisotopic (exact) mass is 424 g/mol. The van der Waals surface area contributed by atoms with Crippen LogP contribution in [0.5, 0.6) is 0 Å². The van der Waals surface area contributed by atoms with E-state index in [1.807, 2.05) is 0 Å². The summed E-state index contributed by atoms with van der Waals surface area (Å²) >= 11 is 0. The van der Waals surface area contributed by atoms with Crippen molar-refractivity contribution < 1.29 is 33.4 Å². The number of alkyl carbamates (subject to hydrolysis) is 1. The highest BCUT2D eigenvalue weighted by molar-refractivity contribution is 5.90. The summed E-state index contributed by atoms with van der Waals surface area (Å²) in [6, 6.07) is 3.67. The largest absolute Gasteiger partial charge is 0.450 e. The Kier molecular flexibility index (Phi) is 6.30. The normalized spacial score (nSPS) is 23.4. The van der Waals surface area contributed by atoms with Crippen LogP contribution in [0.1, 0.15) is 13.8 Å². The Bertz CT molecular complexity index is 837. The standard InChI is InChI=1S/C19H25FN4O6/c1-4-29-18(27)21-14-8-23(9-16(14)26)15-6-5-12(7-13(15)20)24-10-17(30-19(24)28)22(3)11(2)25/h5-7,14,16-17,26H,4,8-10H2,1-3H3,(H,21,27)/t14-,16-,17?/m1/s1. The molecule has 0 aliphatic carbocycles. The Morgan fingerprint density at radius 1 is 1.37 bits per heavy atom. The van der Waals surface area contributed by atoms with Crippen LogP contribution in [0.3, 0.4) is 0 Å². The molecule has 0 radical (unpaired) electrons. The van der Waals surface area contributed by atoms with Crippen molar-refractivity contribution in [3.8, 4) is 0 Å². The molecule has 164 valence electrons. The van der Waals surface area contributed by atoms with Crippen molar-refractivity contribution in [3.05, 3.63) is 24.0 Å². The van der Waals surface area contributed by atoms with E-state index in [1.54, 1.807) is 17.9 Å². The van der Waals surface area contributed by atoms with Crippen molar-refractivity contribution >= 4 is 29.5 Å². The molecule has 1 aromatic rings. The molecule has 30 heavy (non-hydrogen) atoms. The van der Waals surface area contributed by atoms with Crippen LogP contribution in [0.15, 0.2) is 18.2 Å². The third-order valence-corrected chi connectivity index (χ3v) is 5.18. The smallest absolute Gasteiger partial charge is 0.416 e. The Balaban J connectivity index is 1.69. The predicted octanol–water partition coefficient (Wildman–Crippen LogP) is 0.882. The SMILES string of the molecule is CCOC(=O)N[C@@H]1CN(c2ccc(N3CC(N(C)C(C)=O)OC3=O)cc2F)C[C@H]1O. The number of aliphatic hydroxyl groups is 1. The molecular formula is C19H25FN4O6. The Morgan fingerprint density at radius 3 is 2.73 bits per heavy atom. The topological polar surface area (TPSA) is 112 Å². The molecule has 3 rings (SSSR count). The van der Waals surface area contributed by atoms with Gasteiger partial charge >= 0.3 is 12.2 Å². The number of hydrogen-bond acceptors (Lipinski definition) is 7. The average Bonchev–Trinajstić information content (AvgIpc) is 3.24. The molecule has 2 heterocycles. The summed E-state index contributed by atoms with van der Waals surface area (Å²) in [4.78, 5) is 39.4. The fraction of sp³-hybridized carbons (Fsp3) is 0.526. The van der Waals surface area contributed by atoms with Crippen LogP contribution in [0, 0.1) is 5.82 Å². The zero-order valence-electron chi connectivity index (χ0n) is 17.0. The van der Waals surface area contributed by atoms with Gasteiger partial charge < -0.3 is 29.7 Å². The number of carbonyl (C=O) groups is 3. The fourth-order valence-electron chi connectivity index (χ4n) is 3.43. The lowest BCUT2D eigenvalue weighted by atomic mass is 10.2. The predicted molar refractivity (Wildman–Crippen MR) is 105 cm³/mol. The average molecular weight is 424 g/mol. The lowest BCUT2D eigenvalue weighted by Crippen LogP contribution is -2.43. The Hall–Kier alpha value is -3.08. The third kappa shape index (κ3) is 4.40. The van der Waals surface area contributed by atoms with Crippen LogP contribution in [0.2, 0.25) is 0 Å². The minimum absolute atomic E-state index is 0.0850. The maximum Gasteiger partial charge on any atom is 0.416 e. The number of cyclic esters (lactones) is 1. The van der Waals surface area contributed by atoms with Gasteiger partial charge in [0.05, 0.1) is 36.7 Å². The maximum atomic E-state index is 14.8. The first-order chi connectivity index (χ1) is 14.2. The number of benzene rings is 1. The van der Waals surface area contributed by atoms with Crippen LogP contribution in [0.25, 0.3) is 0 Å². The maximum absolute atomic E-state index is 14.8. The highest BCUT2D eigenvalue weighted by Crippen LogP contribution is 2.30. The number of carbonyl (C=O) groups excluding carboxylic acids is 3. The van der Waals surface area contributed by atoms with Gasteiger partial charge in [0, 0.05) is 27.1 Å². The first kappa shape index (κ1) is 21.6. The molecule has 2 aliphatic heterocycles. The molecule has 1 unspecified atom stereocenters. The van der Waals surface area contributed by atoms with Crippen LogP contribution >= 0.6 is 0 Å². The second kappa shape index (κ2) is 8.74. The molecule has 2 N–H and O–H groups in total. The zero-order chi connectivity index (χ0) is 22.0. The van der Waals surface area contributed by atoms with E-state index in [4.69, 9.17) is 9.47 Å². The molecule has 0 aromatic heterocycles.